The summed E-state index contributed by atoms with van der Waals surface area (Å²) in [4.78, 5) is 12.9. The minimum absolute atomic E-state index is 0.0840. The van der Waals surface area contributed by atoms with Crippen LogP contribution in [-0.2, 0) is 4.74 Å². The van der Waals surface area contributed by atoms with Crippen molar-refractivity contribution in [2.45, 2.75) is 6.10 Å². The molecule has 9 heteroatoms. The van der Waals surface area contributed by atoms with Crippen LogP contribution in [0.3, 0.4) is 0 Å². The molecule has 28 heavy (non-hydrogen) atoms. The number of hydrogen-bond donors (Lipinski definition) is 2. The number of pyridine rings is 1. The number of benzene rings is 1. The van der Waals surface area contributed by atoms with E-state index < -0.39 is 0 Å². The number of nitriles is 1. The summed E-state index contributed by atoms with van der Waals surface area (Å²) in [5.41, 5.74) is 0.129. The van der Waals surface area contributed by atoms with Gasteiger partial charge in [-0.3, -0.25) is 0 Å². The van der Waals surface area contributed by atoms with E-state index in [1.807, 2.05) is 30.3 Å². The van der Waals surface area contributed by atoms with Crippen molar-refractivity contribution in [3.8, 4) is 11.9 Å². The molecule has 1 aliphatic heterocycles. The lowest BCUT2D eigenvalue weighted by atomic mass is 10.2. The molecule has 0 spiro atoms. The van der Waals surface area contributed by atoms with Gasteiger partial charge in [0.2, 0.25) is 5.69 Å². The van der Waals surface area contributed by atoms with Crippen LogP contribution in [0.2, 0.25) is 0 Å². The largest absolute Gasteiger partial charge is 0.473 e. The third-order valence-corrected chi connectivity index (χ3v) is 4.92. The minimum Gasteiger partial charge on any atom is -0.473 e. The number of hydrogen-bond acceptors (Lipinski definition) is 8. The lowest BCUT2D eigenvalue weighted by molar-refractivity contribution is -0.000858. The Balaban J connectivity index is 1.52. The Bertz CT molecular complexity index is 1030. The fraction of sp³-hybridized carbons (Fsp3) is 0.263. The van der Waals surface area contributed by atoms with Crippen molar-refractivity contribution in [2.75, 3.05) is 31.6 Å². The second-order valence-electron chi connectivity index (χ2n) is 6.18. The molecular weight excluding hydrogens is 424 g/mol. The number of morpholine rings is 1. The predicted molar refractivity (Wildman–Crippen MR) is 108 cm³/mol. The van der Waals surface area contributed by atoms with Crippen molar-refractivity contribution >= 4 is 38.3 Å². The Labute approximate surface area is 170 Å². The van der Waals surface area contributed by atoms with Crippen LogP contribution in [0.15, 0.2) is 41.1 Å². The Morgan fingerprint density at radius 1 is 1.32 bits per heavy atom. The maximum Gasteiger partial charge on any atom is 0.253 e. The van der Waals surface area contributed by atoms with Gasteiger partial charge < -0.3 is 20.1 Å². The number of rotatable bonds is 5. The Morgan fingerprint density at radius 2 is 2.25 bits per heavy atom. The maximum atomic E-state index is 9.27. The van der Waals surface area contributed by atoms with Gasteiger partial charge in [-0.15, -0.1) is 0 Å². The summed E-state index contributed by atoms with van der Waals surface area (Å²) < 4.78 is 12.3. The van der Waals surface area contributed by atoms with Crippen molar-refractivity contribution in [1.29, 1.82) is 5.26 Å². The van der Waals surface area contributed by atoms with Gasteiger partial charge in [0.25, 0.3) is 5.88 Å². The number of nitrogens with one attached hydrogen (secondary N) is 2. The number of aromatic nitrogens is 3. The molecule has 0 amide bonds. The highest BCUT2D eigenvalue weighted by Gasteiger charge is 2.16. The Morgan fingerprint density at radius 3 is 3.07 bits per heavy atom. The molecule has 8 nitrogen and oxygen atoms in total. The zero-order valence-electron chi connectivity index (χ0n) is 14.9. The van der Waals surface area contributed by atoms with Gasteiger partial charge in [-0.2, -0.15) is 10.2 Å². The first-order valence-electron chi connectivity index (χ1n) is 8.76. The first kappa shape index (κ1) is 18.6. The highest BCUT2D eigenvalue weighted by atomic mass is 79.9. The summed E-state index contributed by atoms with van der Waals surface area (Å²) in [5, 5.41) is 17.7. The summed E-state index contributed by atoms with van der Waals surface area (Å²) in [7, 11) is 0. The Hall–Kier alpha value is -2.80. The van der Waals surface area contributed by atoms with Gasteiger partial charge in [0.05, 0.1) is 12.8 Å². The molecule has 1 atom stereocenters. The van der Waals surface area contributed by atoms with E-state index in [0.29, 0.717) is 31.4 Å². The van der Waals surface area contributed by atoms with Gasteiger partial charge in [0, 0.05) is 29.1 Å². The lowest BCUT2D eigenvalue weighted by Crippen LogP contribution is -2.41. The second-order valence-corrected chi connectivity index (χ2v) is 7.04. The molecular formula is C19H17BrN6O2. The lowest BCUT2D eigenvalue weighted by Gasteiger charge is -2.23. The number of ether oxygens (including phenoxy) is 2. The van der Waals surface area contributed by atoms with Crippen molar-refractivity contribution in [1.82, 2.24) is 20.3 Å². The number of fused-ring (bicyclic) bond motifs is 1. The molecule has 1 saturated heterocycles. The molecule has 2 N–H and O–H groups in total. The van der Waals surface area contributed by atoms with E-state index >= 15 is 0 Å². The molecule has 3 heterocycles. The number of anilines is 2. The fourth-order valence-corrected chi connectivity index (χ4v) is 3.33. The van der Waals surface area contributed by atoms with Gasteiger partial charge >= 0.3 is 0 Å². The molecule has 142 valence electrons. The first-order valence-corrected chi connectivity index (χ1v) is 9.56. The monoisotopic (exact) mass is 440 g/mol. The number of nitrogens with zero attached hydrogens (tertiary/aromatic N) is 4. The average Bonchev–Trinajstić information content (AvgIpc) is 2.73. The topological polar surface area (TPSA) is 105 Å². The molecule has 1 unspecified atom stereocenters. The van der Waals surface area contributed by atoms with E-state index in [4.69, 9.17) is 9.47 Å². The Kier molecular flexibility index (Phi) is 5.62. The van der Waals surface area contributed by atoms with Crippen LogP contribution in [0.25, 0.3) is 10.8 Å². The van der Waals surface area contributed by atoms with E-state index in [1.165, 1.54) is 6.20 Å². The third-order valence-electron chi connectivity index (χ3n) is 4.22. The van der Waals surface area contributed by atoms with E-state index in [0.717, 1.165) is 21.8 Å². The van der Waals surface area contributed by atoms with Crippen LogP contribution >= 0.6 is 15.9 Å². The molecule has 1 aromatic carbocycles. The van der Waals surface area contributed by atoms with Crippen molar-refractivity contribution in [3.63, 3.8) is 0 Å². The summed E-state index contributed by atoms with van der Waals surface area (Å²) >= 11 is 3.52. The number of halogens is 1. The molecule has 3 aromatic rings. The van der Waals surface area contributed by atoms with Crippen LogP contribution in [0.5, 0.6) is 5.88 Å². The predicted octanol–water partition coefficient (Wildman–Crippen LogP) is 2.77. The smallest absolute Gasteiger partial charge is 0.253 e. The van der Waals surface area contributed by atoms with Crippen LogP contribution in [-0.4, -0.2) is 47.4 Å². The van der Waals surface area contributed by atoms with Gasteiger partial charge in [0.15, 0.2) is 5.82 Å². The van der Waals surface area contributed by atoms with Crippen molar-refractivity contribution in [2.24, 2.45) is 0 Å². The van der Waals surface area contributed by atoms with E-state index in [-0.39, 0.29) is 17.7 Å². The third kappa shape index (κ3) is 4.20. The quantitative estimate of drug-likeness (QED) is 0.623. The molecule has 2 aromatic heterocycles. The van der Waals surface area contributed by atoms with Gasteiger partial charge in [0.1, 0.15) is 24.6 Å². The second kappa shape index (κ2) is 8.48. The summed E-state index contributed by atoms with van der Waals surface area (Å²) in [6, 6.07) is 9.86. The van der Waals surface area contributed by atoms with E-state index in [2.05, 4.69) is 41.5 Å². The summed E-state index contributed by atoms with van der Waals surface area (Å²) in [6.45, 7) is 2.45. The van der Waals surface area contributed by atoms with Crippen LogP contribution in [0, 0.1) is 11.3 Å². The highest BCUT2D eigenvalue weighted by molar-refractivity contribution is 9.10. The molecule has 0 radical (unpaired) electrons. The maximum absolute atomic E-state index is 9.27. The molecule has 4 rings (SSSR count). The molecule has 0 saturated carbocycles. The SMILES string of the molecule is N#Cc1ncc(Nc2cc3cccc(Br)c3cn2)nc1OCC1CNCCO1. The molecule has 0 bridgehead atoms. The summed E-state index contributed by atoms with van der Waals surface area (Å²) in [5.74, 6) is 1.24. The van der Waals surface area contributed by atoms with Crippen molar-refractivity contribution < 1.29 is 9.47 Å². The first-order chi connectivity index (χ1) is 13.7. The van der Waals surface area contributed by atoms with Crippen LogP contribution in [0.4, 0.5) is 11.6 Å². The van der Waals surface area contributed by atoms with Crippen LogP contribution in [0.1, 0.15) is 5.69 Å². The molecule has 1 fully saturated rings. The molecule has 0 aliphatic carbocycles. The normalized spacial score (nSPS) is 16.5. The summed E-state index contributed by atoms with van der Waals surface area (Å²) in [6.07, 6.45) is 3.18. The highest BCUT2D eigenvalue weighted by Crippen LogP contribution is 2.26. The van der Waals surface area contributed by atoms with Gasteiger partial charge in [-0.1, -0.05) is 28.1 Å². The van der Waals surface area contributed by atoms with E-state index in [1.54, 1.807) is 6.20 Å². The average molecular weight is 441 g/mol. The minimum atomic E-state index is -0.0840. The van der Waals surface area contributed by atoms with Crippen LogP contribution < -0.4 is 15.4 Å². The zero-order chi connectivity index (χ0) is 19.3. The van der Waals surface area contributed by atoms with Crippen molar-refractivity contribution in [3.05, 3.63) is 46.8 Å². The standard InChI is InChI=1S/C19H17BrN6O2/c20-15-3-1-2-12-6-17(24-9-14(12)15)25-18-10-23-16(7-21)19(26-18)28-11-13-8-22-4-5-27-13/h1-3,6,9-10,13,22H,4-5,8,11H2,(H,24,25,26). The zero-order valence-corrected chi connectivity index (χ0v) is 16.4. The van der Waals surface area contributed by atoms with Gasteiger partial charge in [-0.25, -0.2) is 9.97 Å². The van der Waals surface area contributed by atoms with E-state index in [9.17, 15) is 5.26 Å². The van der Waals surface area contributed by atoms with Gasteiger partial charge in [-0.05, 0) is 17.5 Å². The fourth-order valence-electron chi connectivity index (χ4n) is 2.84. The molecule has 1 aliphatic rings.